The van der Waals surface area contributed by atoms with E-state index in [4.69, 9.17) is 0 Å². The van der Waals surface area contributed by atoms with Crippen molar-refractivity contribution < 1.29 is 4.39 Å². The van der Waals surface area contributed by atoms with E-state index in [-0.39, 0.29) is 11.4 Å². The second kappa shape index (κ2) is 3.91. The summed E-state index contributed by atoms with van der Waals surface area (Å²) in [5.74, 6) is -0.199. The smallest absolute Gasteiger partial charge is 0.123 e. The van der Waals surface area contributed by atoms with Gasteiger partial charge in [0.05, 0.1) is 5.54 Å². The lowest BCUT2D eigenvalue weighted by Crippen LogP contribution is -2.09. The van der Waals surface area contributed by atoms with Crippen LogP contribution in [-0.4, -0.2) is 11.8 Å². The fourth-order valence-electron chi connectivity index (χ4n) is 1.05. The van der Waals surface area contributed by atoms with Crippen LogP contribution in [0, 0.1) is 12.7 Å². The number of hydrogen-bond donors (Lipinski definition) is 0. The predicted molar refractivity (Wildman–Crippen MR) is 58.5 cm³/mol. The van der Waals surface area contributed by atoms with Gasteiger partial charge in [-0.3, -0.25) is 4.99 Å². The van der Waals surface area contributed by atoms with Crippen LogP contribution < -0.4 is 0 Å². The van der Waals surface area contributed by atoms with E-state index in [2.05, 4.69) is 4.99 Å². The molecule has 0 unspecified atom stereocenters. The first-order valence-electron chi connectivity index (χ1n) is 4.70. The lowest BCUT2D eigenvalue weighted by molar-refractivity contribution is 0.586. The molecular formula is C12H16FN. The van der Waals surface area contributed by atoms with Crippen LogP contribution in [0.2, 0.25) is 0 Å². The maximum atomic E-state index is 12.8. The standard InChI is InChI=1S/C12H16FN/c1-9-7-11(13)6-5-10(9)8-14-12(2,3)4/h5-8H,1-4H3/b14-8+. The van der Waals surface area contributed by atoms with E-state index in [0.717, 1.165) is 11.1 Å². The molecule has 0 aliphatic heterocycles. The number of benzene rings is 1. The molecule has 0 bridgehead atoms. The molecule has 0 amide bonds. The molecule has 1 rings (SSSR count). The highest BCUT2D eigenvalue weighted by atomic mass is 19.1. The van der Waals surface area contributed by atoms with E-state index < -0.39 is 0 Å². The molecule has 0 N–H and O–H groups in total. The lowest BCUT2D eigenvalue weighted by Gasteiger charge is -2.11. The Bertz CT molecular complexity index is 348. The van der Waals surface area contributed by atoms with Crippen molar-refractivity contribution in [3.05, 3.63) is 35.1 Å². The Morgan fingerprint density at radius 2 is 1.93 bits per heavy atom. The Morgan fingerprint density at radius 3 is 2.43 bits per heavy atom. The summed E-state index contributed by atoms with van der Waals surface area (Å²) < 4.78 is 12.8. The molecule has 0 spiro atoms. The highest BCUT2D eigenvalue weighted by molar-refractivity contribution is 5.81. The highest BCUT2D eigenvalue weighted by Gasteiger charge is 2.05. The first-order chi connectivity index (χ1) is 6.38. The zero-order chi connectivity index (χ0) is 10.8. The quantitative estimate of drug-likeness (QED) is 0.606. The minimum atomic E-state index is -0.199. The molecule has 0 heterocycles. The fraction of sp³-hybridized carbons (Fsp3) is 0.417. The molecule has 0 saturated heterocycles. The Kier molecular flexibility index (Phi) is 3.04. The number of aliphatic imine (C=N–C) groups is 1. The van der Waals surface area contributed by atoms with Gasteiger partial charge in [0.1, 0.15) is 5.82 Å². The molecule has 0 atom stereocenters. The van der Waals surface area contributed by atoms with Crippen LogP contribution in [0.5, 0.6) is 0 Å². The molecule has 0 radical (unpaired) electrons. The summed E-state index contributed by atoms with van der Waals surface area (Å²) in [5.41, 5.74) is 1.81. The zero-order valence-electron chi connectivity index (χ0n) is 9.13. The Morgan fingerprint density at radius 1 is 1.29 bits per heavy atom. The number of halogens is 1. The van der Waals surface area contributed by atoms with E-state index in [1.165, 1.54) is 12.1 Å². The third-order valence-corrected chi connectivity index (χ3v) is 1.82. The Labute approximate surface area is 84.7 Å². The summed E-state index contributed by atoms with van der Waals surface area (Å²) in [5, 5.41) is 0. The van der Waals surface area contributed by atoms with Gasteiger partial charge in [0.15, 0.2) is 0 Å². The molecule has 0 aliphatic carbocycles. The van der Waals surface area contributed by atoms with Gasteiger partial charge in [-0.05, 0) is 51.0 Å². The minimum absolute atomic E-state index is 0.0825. The molecule has 0 aromatic heterocycles. The van der Waals surface area contributed by atoms with Gasteiger partial charge in [-0.1, -0.05) is 6.07 Å². The zero-order valence-corrected chi connectivity index (χ0v) is 9.13. The SMILES string of the molecule is Cc1cc(F)ccc1/C=N/C(C)(C)C. The van der Waals surface area contributed by atoms with E-state index in [1.807, 2.05) is 27.7 Å². The average Bonchev–Trinajstić information content (AvgIpc) is 2.00. The summed E-state index contributed by atoms with van der Waals surface area (Å²) >= 11 is 0. The molecule has 1 aromatic carbocycles. The maximum Gasteiger partial charge on any atom is 0.123 e. The maximum absolute atomic E-state index is 12.8. The van der Waals surface area contributed by atoms with Gasteiger partial charge in [-0.2, -0.15) is 0 Å². The topological polar surface area (TPSA) is 12.4 Å². The van der Waals surface area contributed by atoms with E-state index in [1.54, 1.807) is 12.3 Å². The number of rotatable bonds is 1. The van der Waals surface area contributed by atoms with E-state index >= 15 is 0 Å². The van der Waals surface area contributed by atoms with Crippen LogP contribution in [0.15, 0.2) is 23.2 Å². The van der Waals surface area contributed by atoms with Gasteiger partial charge < -0.3 is 0 Å². The Balaban J connectivity index is 2.93. The number of hydrogen-bond acceptors (Lipinski definition) is 1. The molecule has 0 aliphatic rings. The van der Waals surface area contributed by atoms with Crippen molar-refractivity contribution in [2.75, 3.05) is 0 Å². The van der Waals surface area contributed by atoms with Crippen molar-refractivity contribution in [3.63, 3.8) is 0 Å². The highest BCUT2D eigenvalue weighted by Crippen LogP contribution is 2.10. The third kappa shape index (κ3) is 3.29. The van der Waals surface area contributed by atoms with Gasteiger partial charge in [0.25, 0.3) is 0 Å². The first-order valence-corrected chi connectivity index (χ1v) is 4.70. The normalized spacial score (nSPS) is 12.4. The van der Waals surface area contributed by atoms with Crippen LogP contribution in [0.25, 0.3) is 0 Å². The fourth-order valence-corrected chi connectivity index (χ4v) is 1.05. The van der Waals surface area contributed by atoms with Gasteiger partial charge in [-0.25, -0.2) is 4.39 Å². The molecular weight excluding hydrogens is 177 g/mol. The summed E-state index contributed by atoms with van der Waals surface area (Å²) in [7, 11) is 0. The second-order valence-corrected chi connectivity index (χ2v) is 4.43. The van der Waals surface area contributed by atoms with Crippen molar-refractivity contribution in [1.82, 2.24) is 0 Å². The van der Waals surface area contributed by atoms with Crippen molar-refractivity contribution >= 4 is 6.21 Å². The summed E-state index contributed by atoms with van der Waals surface area (Å²) in [6.45, 7) is 7.97. The predicted octanol–water partition coefficient (Wildman–Crippen LogP) is 3.35. The second-order valence-electron chi connectivity index (χ2n) is 4.43. The van der Waals surface area contributed by atoms with E-state index in [9.17, 15) is 4.39 Å². The molecule has 2 heteroatoms. The van der Waals surface area contributed by atoms with Crippen molar-refractivity contribution in [2.45, 2.75) is 33.2 Å². The van der Waals surface area contributed by atoms with Crippen molar-refractivity contribution in [2.24, 2.45) is 4.99 Å². The minimum Gasteiger partial charge on any atom is -0.287 e. The van der Waals surface area contributed by atoms with Crippen LogP contribution in [0.4, 0.5) is 4.39 Å². The number of nitrogens with zero attached hydrogens (tertiary/aromatic N) is 1. The molecule has 0 saturated carbocycles. The van der Waals surface area contributed by atoms with Crippen LogP contribution >= 0.6 is 0 Å². The largest absolute Gasteiger partial charge is 0.287 e. The van der Waals surface area contributed by atoms with Gasteiger partial charge in [0.2, 0.25) is 0 Å². The summed E-state index contributed by atoms with van der Waals surface area (Å²) in [4.78, 5) is 4.37. The van der Waals surface area contributed by atoms with Crippen molar-refractivity contribution in [1.29, 1.82) is 0 Å². The van der Waals surface area contributed by atoms with Crippen LogP contribution in [0.3, 0.4) is 0 Å². The molecule has 1 aromatic rings. The van der Waals surface area contributed by atoms with Crippen LogP contribution in [0.1, 0.15) is 31.9 Å². The van der Waals surface area contributed by atoms with Crippen molar-refractivity contribution in [3.8, 4) is 0 Å². The first kappa shape index (κ1) is 10.9. The Hall–Kier alpha value is -1.18. The van der Waals surface area contributed by atoms with Gasteiger partial charge in [-0.15, -0.1) is 0 Å². The summed E-state index contributed by atoms with van der Waals surface area (Å²) in [6.07, 6.45) is 1.80. The third-order valence-electron chi connectivity index (χ3n) is 1.82. The van der Waals surface area contributed by atoms with Gasteiger partial charge in [0, 0.05) is 6.21 Å². The molecule has 0 fully saturated rings. The summed E-state index contributed by atoms with van der Waals surface area (Å²) in [6, 6.07) is 4.72. The average molecular weight is 193 g/mol. The number of aryl methyl sites for hydroxylation is 1. The lowest BCUT2D eigenvalue weighted by atomic mass is 10.1. The molecule has 1 nitrogen and oxygen atoms in total. The van der Waals surface area contributed by atoms with E-state index in [0.29, 0.717) is 0 Å². The monoisotopic (exact) mass is 193 g/mol. The molecule has 14 heavy (non-hydrogen) atoms. The van der Waals surface area contributed by atoms with Crippen LogP contribution in [-0.2, 0) is 0 Å². The molecule has 76 valence electrons. The van der Waals surface area contributed by atoms with Gasteiger partial charge >= 0.3 is 0 Å².